The van der Waals surface area contributed by atoms with Crippen LogP contribution in [0.3, 0.4) is 0 Å². The molecule has 0 spiro atoms. The Morgan fingerprint density at radius 3 is 2.71 bits per heavy atom. The Kier molecular flexibility index (Phi) is 4.44. The molecule has 3 aromatic rings. The number of thiazole rings is 1. The van der Waals surface area contributed by atoms with Gasteiger partial charge in [0.15, 0.2) is 5.60 Å². The fourth-order valence-corrected chi connectivity index (χ4v) is 4.24. The number of nitrogens with two attached hydrogens (primary N) is 1. The van der Waals surface area contributed by atoms with Crippen molar-refractivity contribution >= 4 is 23.2 Å². The Morgan fingerprint density at radius 1 is 1.25 bits per heavy atom. The third-order valence-corrected chi connectivity index (χ3v) is 6.01. The normalized spacial score (nSPS) is 19.2. The second-order valence-electron chi connectivity index (χ2n) is 6.72. The van der Waals surface area contributed by atoms with Crippen LogP contribution in [0.4, 0.5) is 0 Å². The van der Waals surface area contributed by atoms with E-state index in [0.29, 0.717) is 23.7 Å². The number of hydrogen-bond donors (Lipinski definition) is 2. The van der Waals surface area contributed by atoms with Gasteiger partial charge in [-0.25, -0.2) is 9.97 Å². The van der Waals surface area contributed by atoms with Crippen LogP contribution in [-0.4, -0.2) is 45.4 Å². The highest BCUT2D eigenvalue weighted by molar-refractivity contribution is 7.15. The molecule has 2 amide bonds. The van der Waals surface area contributed by atoms with E-state index in [1.54, 1.807) is 31.4 Å². The lowest BCUT2D eigenvalue weighted by atomic mass is 10.0. The molecule has 0 aliphatic carbocycles. The summed E-state index contributed by atoms with van der Waals surface area (Å²) in [6, 6.07) is 12.7. The van der Waals surface area contributed by atoms with Gasteiger partial charge < -0.3 is 15.7 Å². The molecular formula is C20H18N4O3S. The number of pyridine rings is 1. The maximum Gasteiger partial charge on any atom is 0.267 e. The number of amides is 2. The molecule has 1 aliphatic rings. The van der Waals surface area contributed by atoms with Crippen molar-refractivity contribution < 1.29 is 14.7 Å². The van der Waals surface area contributed by atoms with Gasteiger partial charge in [0.05, 0.1) is 10.6 Å². The van der Waals surface area contributed by atoms with Crippen molar-refractivity contribution in [2.24, 2.45) is 5.73 Å². The first-order valence-corrected chi connectivity index (χ1v) is 9.52. The molecule has 1 aromatic carbocycles. The maximum atomic E-state index is 12.3. The van der Waals surface area contributed by atoms with Gasteiger partial charge in [-0.3, -0.25) is 9.59 Å². The molecule has 1 aliphatic heterocycles. The van der Waals surface area contributed by atoms with Crippen LogP contribution in [0.5, 0.6) is 0 Å². The smallest absolute Gasteiger partial charge is 0.267 e. The Morgan fingerprint density at radius 2 is 2.00 bits per heavy atom. The predicted molar refractivity (Wildman–Crippen MR) is 105 cm³/mol. The van der Waals surface area contributed by atoms with E-state index >= 15 is 0 Å². The Balaban J connectivity index is 1.68. The van der Waals surface area contributed by atoms with Gasteiger partial charge in [-0.1, -0.05) is 24.3 Å². The van der Waals surface area contributed by atoms with E-state index in [-0.39, 0.29) is 11.6 Å². The first-order valence-electron chi connectivity index (χ1n) is 8.70. The zero-order chi connectivity index (χ0) is 19.9. The molecule has 0 bridgehead atoms. The number of aromatic nitrogens is 2. The summed E-state index contributed by atoms with van der Waals surface area (Å²) in [4.78, 5) is 34.6. The lowest BCUT2D eigenvalue weighted by Gasteiger charge is -2.17. The van der Waals surface area contributed by atoms with Gasteiger partial charge in [-0.05, 0) is 23.8 Å². The summed E-state index contributed by atoms with van der Waals surface area (Å²) in [5.74, 6) is -0.904. The van der Waals surface area contributed by atoms with E-state index in [0.717, 1.165) is 16.0 Å². The molecule has 3 heterocycles. The van der Waals surface area contributed by atoms with E-state index in [2.05, 4.69) is 9.97 Å². The Labute approximate surface area is 165 Å². The van der Waals surface area contributed by atoms with Crippen molar-refractivity contribution in [1.82, 2.24) is 14.9 Å². The lowest BCUT2D eigenvalue weighted by Crippen LogP contribution is -2.35. The minimum Gasteiger partial charge on any atom is -0.373 e. The average Bonchev–Trinajstić information content (AvgIpc) is 3.31. The highest BCUT2D eigenvalue weighted by atomic mass is 32.1. The van der Waals surface area contributed by atoms with E-state index in [1.165, 1.54) is 16.2 Å². The average molecular weight is 394 g/mol. The van der Waals surface area contributed by atoms with E-state index in [9.17, 15) is 14.7 Å². The van der Waals surface area contributed by atoms with Gasteiger partial charge >= 0.3 is 0 Å². The zero-order valence-electron chi connectivity index (χ0n) is 15.1. The number of primary amides is 1. The molecule has 0 unspecified atom stereocenters. The SMILES string of the molecule is CN1CC[C@@](O)(c2ncc(-c3cccc(-c4cccc(C(N)=O)n4)c3)s2)C1=O. The molecular weight excluding hydrogens is 376 g/mol. The fourth-order valence-electron chi connectivity index (χ4n) is 3.22. The van der Waals surface area contributed by atoms with Crippen molar-refractivity contribution in [1.29, 1.82) is 0 Å². The predicted octanol–water partition coefficient (Wildman–Crippen LogP) is 2.02. The number of likely N-dealkylation sites (N-methyl/N-ethyl adjacent to an activating group) is 1. The number of nitrogens with zero attached hydrogens (tertiary/aromatic N) is 3. The summed E-state index contributed by atoms with van der Waals surface area (Å²) in [7, 11) is 1.67. The summed E-state index contributed by atoms with van der Waals surface area (Å²) in [6.07, 6.45) is 2.00. The van der Waals surface area contributed by atoms with Crippen molar-refractivity contribution in [3.05, 3.63) is 59.4 Å². The second-order valence-corrected chi connectivity index (χ2v) is 7.75. The van der Waals surface area contributed by atoms with Crippen molar-refractivity contribution in [2.75, 3.05) is 13.6 Å². The van der Waals surface area contributed by atoms with Crippen LogP contribution in [0.15, 0.2) is 48.7 Å². The molecule has 8 heteroatoms. The van der Waals surface area contributed by atoms with Gasteiger partial charge in [0.1, 0.15) is 10.7 Å². The summed E-state index contributed by atoms with van der Waals surface area (Å²) < 4.78 is 0. The van der Waals surface area contributed by atoms with Crippen molar-refractivity contribution in [3.8, 4) is 21.7 Å². The highest BCUT2D eigenvalue weighted by Crippen LogP contribution is 2.38. The number of hydrogen-bond acceptors (Lipinski definition) is 6. The molecule has 2 aromatic heterocycles. The van der Waals surface area contributed by atoms with Crippen LogP contribution in [0, 0.1) is 0 Å². The van der Waals surface area contributed by atoms with Crippen LogP contribution in [0.25, 0.3) is 21.7 Å². The lowest BCUT2D eigenvalue weighted by molar-refractivity contribution is -0.143. The largest absolute Gasteiger partial charge is 0.373 e. The van der Waals surface area contributed by atoms with Gasteiger partial charge in [-0.2, -0.15) is 0 Å². The van der Waals surface area contributed by atoms with Gasteiger partial charge in [0.25, 0.3) is 11.8 Å². The topological polar surface area (TPSA) is 109 Å². The standard InChI is InChI=1S/C20H18N4O3S/c1-24-9-8-20(27,19(24)26)18-22-11-16(28-18)13-5-2-4-12(10-13)14-6-3-7-15(23-14)17(21)25/h2-7,10-11,27H,8-9H2,1H3,(H2,21,25)/t20-/m1/s1. The molecule has 7 nitrogen and oxygen atoms in total. The maximum absolute atomic E-state index is 12.3. The third kappa shape index (κ3) is 3.06. The number of benzene rings is 1. The minimum absolute atomic E-state index is 0.203. The molecule has 142 valence electrons. The Bertz CT molecular complexity index is 1080. The molecule has 1 atom stereocenters. The van der Waals surface area contributed by atoms with Crippen LogP contribution in [0.1, 0.15) is 21.9 Å². The van der Waals surface area contributed by atoms with Gasteiger partial charge in [0, 0.05) is 31.8 Å². The second kappa shape index (κ2) is 6.81. The van der Waals surface area contributed by atoms with Gasteiger partial charge in [0.2, 0.25) is 0 Å². The molecule has 28 heavy (non-hydrogen) atoms. The van der Waals surface area contributed by atoms with Crippen molar-refractivity contribution in [2.45, 2.75) is 12.0 Å². The number of carbonyl (C=O) groups excluding carboxylic acids is 2. The summed E-state index contributed by atoms with van der Waals surface area (Å²) in [6.45, 7) is 0.502. The summed E-state index contributed by atoms with van der Waals surface area (Å²) in [5.41, 5.74) is 6.31. The number of rotatable bonds is 4. The number of likely N-dealkylation sites (tertiary alicyclic amines) is 1. The molecule has 1 fully saturated rings. The van der Waals surface area contributed by atoms with Crippen LogP contribution >= 0.6 is 11.3 Å². The summed E-state index contributed by atoms with van der Waals surface area (Å²) in [5, 5.41) is 11.2. The van der Waals surface area contributed by atoms with E-state index < -0.39 is 11.5 Å². The molecule has 3 N–H and O–H groups in total. The van der Waals surface area contributed by atoms with Crippen LogP contribution < -0.4 is 5.73 Å². The third-order valence-electron chi connectivity index (χ3n) is 4.81. The van der Waals surface area contributed by atoms with E-state index in [1.807, 2.05) is 24.3 Å². The first kappa shape index (κ1) is 18.3. The quantitative estimate of drug-likeness (QED) is 0.704. The van der Waals surface area contributed by atoms with Crippen LogP contribution in [0.2, 0.25) is 0 Å². The van der Waals surface area contributed by atoms with Crippen molar-refractivity contribution in [3.63, 3.8) is 0 Å². The minimum atomic E-state index is -1.55. The number of carbonyl (C=O) groups is 2. The van der Waals surface area contributed by atoms with E-state index in [4.69, 9.17) is 5.73 Å². The van der Waals surface area contributed by atoms with Gasteiger partial charge in [-0.15, -0.1) is 11.3 Å². The summed E-state index contributed by atoms with van der Waals surface area (Å²) >= 11 is 1.30. The highest BCUT2D eigenvalue weighted by Gasteiger charge is 2.47. The molecule has 4 rings (SSSR count). The number of aliphatic hydroxyl groups is 1. The molecule has 1 saturated heterocycles. The Hall–Kier alpha value is -3.10. The molecule has 0 saturated carbocycles. The molecule has 0 radical (unpaired) electrons. The monoisotopic (exact) mass is 394 g/mol. The first-order chi connectivity index (χ1) is 13.4. The fraction of sp³-hybridized carbons (Fsp3) is 0.200. The zero-order valence-corrected chi connectivity index (χ0v) is 15.9. The van der Waals surface area contributed by atoms with Crippen LogP contribution in [-0.2, 0) is 10.4 Å².